The number of sulfone groups is 1. The Labute approximate surface area is 215 Å². The van der Waals surface area contributed by atoms with Crippen molar-refractivity contribution in [3.8, 4) is 16.9 Å². The van der Waals surface area contributed by atoms with Crippen LogP contribution < -0.4 is 10.1 Å². The van der Waals surface area contributed by atoms with Crippen LogP contribution in [0.3, 0.4) is 0 Å². The SMILES string of the molecule is COc1ccccc1-c1ccc(CC(NC(=O)c2ccccc2S(=O)(=O)c2ccccc2)C(=O)O)cc1. The van der Waals surface area contributed by atoms with Crippen molar-refractivity contribution in [2.24, 2.45) is 0 Å². The summed E-state index contributed by atoms with van der Waals surface area (Å²) < 4.78 is 31.7. The molecule has 0 aliphatic heterocycles. The molecular formula is C29H25NO6S. The van der Waals surface area contributed by atoms with Gasteiger partial charge < -0.3 is 15.2 Å². The average Bonchev–Trinajstić information content (AvgIpc) is 2.93. The maximum atomic E-state index is 13.2. The number of hydrogen-bond acceptors (Lipinski definition) is 5. The summed E-state index contributed by atoms with van der Waals surface area (Å²) in [6.45, 7) is 0. The third-order valence-electron chi connectivity index (χ3n) is 5.89. The molecule has 0 bridgehead atoms. The molecule has 1 atom stereocenters. The Hall–Kier alpha value is -4.43. The van der Waals surface area contributed by atoms with Crippen LogP contribution in [-0.4, -0.2) is 38.6 Å². The lowest BCUT2D eigenvalue weighted by Gasteiger charge is -2.17. The molecule has 1 unspecified atom stereocenters. The minimum absolute atomic E-state index is 0.0148. The van der Waals surface area contributed by atoms with E-state index in [0.717, 1.165) is 16.9 Å². The van der Waals surface area contributed by atoms with E-state index in [2.05, 4.69) is 5.32 Å². The van der Waals surface area contributed by atoms with Gasteiger partial charge in [-0.1, -0.05) is 72.8 Å². The van der Waals surface area contributed by atoms with E-state index in [9.17, 15) is 23.1 Å². The van der Waals surface area contributed by atoms with Crippen LogP contribution in [0.15, 0.2) is 113 Å². The lowest BCUT2D eigenvalue weighted by atomic mass is 10.00. The monoisotopic (exact) mass is 515 g/mol. The maximum Gasteiger partial charge on any atom is 0.326 e. The average molecular weight is 516 g/mol. The topological polar surface area (TPSA) is 110 Å². The number of nitrogens with one attached hydrogen (secondary N) is 1. The first-order valence-electron chi connectivity index (χ1n) is 11.5. The number of para-hydroxylation sites is 1. The summed E-state index contributed by atoms with van der Waals surface area (Å²) in [5.74, 6) is -1.30. The number of aliphatic carboxylic acids is 1. The maximum absolute atomic E-state index is 13.2. The molecule has 4 aromatic carbocycles. The highest BCUT2D eigenvalue weighted by molar-refractivity contribution is 7.91. The Morgan fingerprint density at radius 2 is 1.46 bits per heavy atom. The van der Waals surface area contributed by atoms with Crippen LogP contribution in [0.5, 0.6) is 5.75 Å². The van der Waals surface area contributed by atoms with E-state index in [1.54, 1.807) is 37.4 Å². The van der Waals surface area contributed by atoms with Gasteiger partial charge >= 0.3 is 5.97 Å². The van der Waals surface area contributed by atoms with Crippen molar-refractivity contribution >= 4 is 21.7 Å². The van der Waals surface area contributed by atoms with Crippen LogP contribution in [-0.2, 0) is 21.1 Å². The minimum atomic E-state index is -3.99. The summed E-state index contributed by atoms with van der Waals surface area (Å²) in [6.07, 6.45) is 0.0148. The second kappa shape index (κ2) is 11.1. The summed E-state index contributed by atoms with van der Waals surface area (Å²) in [6, 6.07) is 27.1. The van der Waals surface area contributed by atoms with Gasteiger partial charge in [-0.25, -0.2) is 13.2 Å². The van der Waals surface area contributed by atoms with Crippen LogP contribution in [0, 0.1) is 0 Å². The first-order chi connectivity index (χ1) is 17.8. The molecule has 0 aromatic heterocycles. The molecule has 37 heavy (non-hydrogen) atoms. The molecule has 0 saturated heterocycles. The van der Waals surface area contributed by atoms with Gasteiger partial charge in [-0.05, 0) is 41.5 Å². The summed E-state index contributed by atoms with van der Waals surface area (Å²) in [5, 5.41) is 12.3. The number of methoxy groups -OCH3 is 1. The number of amides is 1. The molecule has 0 aliphatic rings. The van der Waals surface area contributed by atoms with E-state index < -0.39 is 27.8 Å². The molecule has 4 rings (SSSR count). The molecule has 7 nitrogen and oxygen atoms in total. The van der Waals surface area contributed by atoms with Gasteiger partial charge in [0.15, 0.2) is 0 Å². The Balaban J connectivity index is 1.55. The van der Waals surface area contributed by atoms with Gasteiger partial charge in [0.2, 0.25) is 9.84 Å². The largest absolute Gasteiger partial charge is 0.496 e. The quantitative estimate of drug-likeness (QED) is 0.337. The second-order valence-electron chi connectivity index (χ2n) is 8.28. The predicted octanol–water partition coefficient (Wildman–Crippen LogP) is 4.62. The fourth-order valence-corrected chi connectivity index (χ4v) is 5.47. The molecular weight excluding hydrogens is 490 g/mol. The number of carbonyl (C=O) groups is 2. The predicted molar refractivity (Wildman–Crippen MR) is 139 cm³/mol. The summed E-state index contributed by atoms with van der Waals surface area (Å²) in [5.41, 5.74) is 2.37. The van der Waals surface area contributed by atoms with Gasteiger partial charge in [-0.15, -0.1) is 0 Å². The van der Waals surface area contributed by atoms with Gasteiger partial charge in [-0.3, -0.25) is 4.79 Å². The van der Waals surface area contributed by atoms with Crippen molar-refractivity contribution in [3.63, 3.8) is 0 Å². The van der Waals surface area contributed by atoms with Crippen LogP contribution in [0.25, 0.3) is 11.1 Å². The van der Waals surface area contributed by atoms with E-state index >= 15 is 0 Å². The van der Waals surface area contributed by atoms with Gasteiger partial charge in [0.1, 0.15) is 11.8 Å². The van der Waals surface area contributed by atoms with Crippen molar-refractivity contribution < 1.29 is 27.9 Å². The third kappa shape index (κ3) is 5.70. The summed E-state index contributed by atoms with van der Waals surface area (Å²) in [7, 11) is -2.39. The van der Waals surface area contributed by atoms with Crippen molar-refractivity contribution in [1.82, 2.24) is 5.32 Å². The Morgan fingerprint density at radius 1 is 0.838 bits per heavy atom. The number of benzene rings is 4. The summed E-state index contributed by atoms with van der Waals surface area (Å²) in [4.78, 5) is 25.0. The Kier molecular flexibility index (Phi) is 7.69. The van der Waals surface area contributed by atoms with Crippen LogP contribution in [0.4, 0.5) is 0 Å². The molecule has 0 radical (unpaired) electrons. The van der Waals surface area contributed by atoms with E-state index in [4.69, 9.17) is 4.74 Å². The fourth-order valence-electron chi connectivity index (χ4n) is 3.99. The van der Waals surface area contributed by atoms with E-state index in [-0.39, 0.29) is 21.8 Å². The first-order valence-corrected chi connectivity index (χ1v) is 12.9. The van der Waals surface area contributed by atoms with E-state index in [0.29, 0.717) is 5.56 Å². The molecule has 0 fully saturated rings. The molecule has 4 aromatic rings. The fraction of sp³-hybridized carbons (Fsp3) is 0.103. The van der Waals surface area contributed by atoms with Crippen molar-refractivity contribution in [2.45, 2.75) is 22.3 Å². The van der Waals surface area contributed by atoms with Crippen molar-refractivity contribution in [1.29, 1.82) is 0 Å². The smallest absolute Gasteiger partial charge is 0.326 e. The number of carboxylic acids is 1. The van der Waals surface area contributed by atoms with Gasteiger partial charge in [-0.2, -0.15) is 0 Å². The number of ether oxygens (including phenoxy) is 1. The number of hydrogen-bond donors (Lipinski definition) is 2. The highest BCUT2D eigenvalue weighted by Crippen LogP contribution is 2.30. The van der Waals surface area contributed by atoms with Crippen LogP contribution >= 0.6 is 0 Å². The zero-order valence-electron chi connectivity index (χ0n) is 20.0. The lowest BCUT2D eigenvalue weighted by Crippen LogP contribution is -2.42. The molecule has 188 valence electrons. The second-order valence-corrected chi connectivity index (χ2v) is 10.2. The number of carbonyl (C=O) groups excluding carboxylic acids is 1. The zero-order valence-corrected chi connectivity index (χ0v) is 20.8. The minimum Gasteiger partial charge on any atom is -0.496 e. The van der Waals surface area contributed by atoms with Gasteiger partial charge in [0.25, 0.3) is 5.91 Å². The van der Waals surface area contributed by atoms with Gasteiger partial charge in [0.05, 0.1) is 22.5 Å². The highest BCUT2D eigenvalue weighted by atomic mass is 32.2. The van der Waals surface area contributed by atoms with E-state index in [1.807, 2.05) is 36.4 Å². The number of rotatable bonds is 9. The van der Waals surface area contributed by atoms with Crippen LogP contribution in [0.2, 0.25) is 0 Å². The zero-order chi connectivity index (χ0) is 26.4. The summed E-state index contributed by atoms with van der Waals surface area (Å²) >= 11 is 0. The van der Waals surface area contributed by atoms with Crippen molar-refractivity contribution in [2.75, 3.05) is 7.11 Å². The molecule has 0 spiro atoms. The van der Waals surface area contributed by atoms with Crippen molar-refractivity contribution in [3.05, 3.63) is 114 Å². The molecule has 2 N–H and O–H groups in total. The van der Waals surface area contributed by atoms with Gasteiger partial charge in [0, 0.05) is 12.0 Å². The van der Waals surface area contributed by atoms with E-state index in [1.165, 1.54) is 36.4 Å². The Morgan fingerprint density at radius 3 is 2.14 bits per heavy atom. The molecule has 0 heterocycles. The molecule has 1 amide bonds. The molecule has 8 heteroatoms. The molecule has 0 saturated carbocycles. The normalized spacial score (nSPS) is 11.9. The number of carboxylic acid groups (broad SMARTS) is 1. The standard InChI is InChI=1S/C29H25NO6S/c1-36-26-13-7-5-11-23(26)21-17-15-20(16-18-21)19-25(29(32)33)30-28(31)24-12-6-8-14-27(24)37(34,35)22-9-3-2-4-10-22/h2-18,25H,19H2,1H3,(H,30,31)(H,32,33). The Bertz CT molecular complexity index is 1520. The third-order valence-corrected chi connectivity index (χ3v) is 7.72. The highest BCUT2D eigenvalue weighted by Gasteiger charge is 2.27. The first kappa shape index (κ1) is 25.7. The lowest BCUT2D eigenvalue weighted by molar-refractivity contribution is -0.139. The van der Waals surface area contributed by atoms with Crippen LogP contribution in [0.1, 0.15) is 15.9 Å². The molecule has 0 aliphatic carbocycles.